The lowest BCUT2D eigenvalue weighted by atomic mass is 9.93. The van der Waals surface area contributed by atoms with Gasteiger partial charge in [0.25, 0.3) is 5.91 Å². The molecule has 2 heterocycles. The van der Waals surface area contributed by atoms with E-state index in [0.29, 0.717) is 54.6 Å². The number of hydrogen-bond acceptors (Lipinski definition) is 6. The number of aryl methyl sites for hydroxylation is 1. The first kappa shape index (κ1) is 20.7. The molecule has 0 saturated carbocycles. The van der Waals surface area contributed by atoms with Crippen LogP contribution in [0.15, 0.2) is 29.0 Å². The van der Waals surface area contributed by atoms with Gasteiger partial charge in [-0.3, -0.25) is 9.59 Å². The number of methoxy groups -OCH3 is 2. The summed E-state index contributed by atoms with van der Waals surface area (Å²) in [5.41, 5.74) is 1.00. The summed E-state index contributed by atoms with van der Waals surface area (Å²) >= 11 is 0. The molecule has 0 aliphatic carbocycles. The van der Waals surface area contributed by atoms with Crippen molar-refractivity contribution in [2.45, 2.75) is 32.6 Å². The minimum atomic E-state index is -0.103. The van der Waals surface area contributed by atoms with Crippen LogP contribution in [0.25, 0.3) is 0 Å². The third-order valence-electron chi connectivity index (χ3n) is 5.17. The van der Waals surface area contributed by atoms with Gasteiger partial charge in [0.1, 0.15) is 17.3 Å². The van der Waals surface area contributed by atoms with Crippen LogP contribution >= 0.6 is 0 Å². The van der Waals surface area contributed by atoms with Crippen LogP contribution in [0, 0.1) is 12.8 Å². The molecule has 1 N–H and O–H groups in total. The maximum atomic E-state index is 12.6. The van der Waals surface area contributed by atoms with Crippen molar-refractivity contribution in [3.63, 3.8) is 0 Å². The zero-order valence-electron chi connectivity index (χ0n) is 17.1. The number of ether oxygens (including phenoxy) is 2. The number of piperidine rings is 1. The van der Waals surface area contributed by atoms with E-state index in [0.717, 1.165) is 12.8 Å². The van der Waals surface area contributed by atoms with Crippen LogP contribution in [0.5, 0.6) is 11.5 Å². The number of aromatic nitrogens is 1. The summed E-state index contributed by atoms with van der Waals surface area (Å²) in [6.45, 7) is 3.07. The van der Waals surface area contributed by atoms with Gasteiger partial charge in [-0.05, 0) is 32.1 Å². The lowest BCUT2D eigenvalue weighted by Gasteiger charge is -2.32. The van der Waals surface area contributed by atoms with Crippen LogP contribution in [-0.4, -0.2) is 49.0 Å². The van der Waals surface area contributed by atoms with E-state index in [1.165, 1.54) is 6.39 Å². The molecule has 29 heavy (non-hydrogen) atoms. The Morgan fingerprint density at radius 2 is 1.97 bits per heavy atom. The van der Waals surface area contributed by atoms with Gasteiger partial charge in [-0.2, -0.15) is 0 Å². The van der Waals surface area contributed by atoms with E-state index in [2.05, 4.69) is 10.3 Å². The number of nitrogens with zero attached hydrogens (tertiary/aromatic N) is 2. The lowest BCUT2D eigenvalue weighted by Crippen LogP contribution is -2.40. The highest BCUT2D eigenvalue weighted by molar-refractivity contribution is 5.93. The minimum Gasteiger partial charge on any atom is -0.497 e. The number of carbonyl (C=O) groups excluding carboxylic acids is 2. The van der Waals surface area contributed by atoms with Crippen LogP contribution in [-0.2, 0) is 4.79 Å². The monoisotopic (exact) mass is 401 g/mol. The Kier molecular flexibility index (Phi) is 6.74. The Hall–Kier alpha value is -3.03. The van der Waals surface area contributed by atoms with Gasteiger partial charge in [0.2, 0.25) is 5.91 Å². The molecule has 1 aromatic heterocycles. The van der Waals surface area contributed by atoms with Crippen molar-refractivity contribution in [3.05, 3.63) is 36.0 Å². The first-order chi connectivity index (χ1) is 14.0. The van der Waals surface area contributed by atoms with Crippen LogP contribution in [0.1, 0.15) is 41.9 Å². The van der Waals surface area contributed by atoms with E-state index in [4.69, 9.17) is 13.9 Å². The molecular weight excluding hydrogens is 374 g/mol. The number of carbonyl (C=O) groups is 2. The van der Waals surface area contributed by atoms with E-state index in [9.17, 15) is 9.59 Å². The fourth-order valence-electron chi connectivity index (χ4n) is 3.58. The molecule has 2 amide bonds. The molecule has 1 aromatic carbocycles. The topological polar surface area (TPSA) is 93.9 Å². The van der Waals surface area contributed by atoms with Crippen molar-refractivity contribution >= 4 is 17.5 Å². The molecule has 0 radical (unpaired) electrons. The van der Waals surface area contributed by atoms with Gasteiger partial charge < -0.3 is 24.1 Å². The number of rotatable bonds is 7. The summed E-state index contributed by atoms with van der Waals surface area (Å²) in [7, 11) is 3.13. The van der Waals surface area contributed by atoms with Crippen LogP contribution in [0.4, 0.5) is 5.69 Å². The van der Waals surface area contributed by atoms with Gasteiger partial charge >= 0.3 is 0 Å². The number of anilines is 1. The zero-order chi connectivity index (χ0) is 20.8. The van der Waals surface area contributed by atoms with Crippen molar-refractivity contribution in [1.29, 1.82) is 0 Å². The highest BCUT2D eigenvalue weighted by Gasteiger charge is 2.27. The number of benzene rings is 1. The molecule has 3 rings (SSSR count). The quantitative estimate of drug-likeness (QED) is 0.765. The second-order valence-corrected chi connectivity index (χ2v) is 7.20. The summed E-state index contributed by atoms with van der Waals surface area (Å²) in [6, 6.07) is 5.25. The third kappa shape index (κ3) is 5.28. The molecule has 1 fully saturated rings. The molecule has 2 aromatic rings. The predicted molar refractivity (Wildman–Crippen MR) is 107 cm³/mol. The molecule has 156 valence electrons. The van der Waals surface area contributed by atoms with Gasteiger partial charge in [-0.15, -0.1) is 0 Å². The lowest BCUT2D eigenvalue weighted by molar-refractivity contribution is -0.116. The second kappa shape index (κ2) is 9.45. The van der Waals surface area contributed by atoms with Gasteiger partial charge in [0.05, 0.1) is 14.2 Å². The molecule has 8 nitrogen and oxygen atoms in total. The molecule has 8 heteroatoms. The number of nitrogens with one attached hydrogen (secondary N) is 1. The highest BCUT2D eigenvalue weighted by atomic mass is 16.5. The predicted octanol–water partition coefficient (Wildman–Crippen LogP) is 3.27. The summed E-state index contributed by atoms with van der Waals surface area (Å²) in [6.07, 6.45) is 4.31. The second-order valence-electron chi connectivity index (χ2n) is 7.20. The average molecular weight is 401 g/mol. The fraction of sp³-hybridized carbons (Fsp3) is 0.476. The van der Waals surface area contributed by atoms with E-state index in [1.807, 2.05) is 4.90 Å². The summed E-state index contributed by atoms with van der Waals surface area (Å²) in [5, 5.41) is 2.89. The number of hydrogen-bond donors (Lipinski definition) is 1. The fourth-order valence-corrected chi connectivity index (χ4v) is 3.58. The SMILES string of the molecule is COc1cc(NC(=O)CC[C@H]2CCCN(C(=O)c3ncoc3C)C2)cc(OC)c1. The zero-order valence-corrected chi connectivity index (χ0v) is 17.1. The molecule has 1 aliphatic heterocycles. The van der Waals surface area contributed by atoms with Crippen molar-refractivity contribution in [3.8, 4) is 11.5 Å². The first-order valence-corrected chi connectivity index (χ1v) is 9.72. The molecule has 1 aliphatic rings. The van der Waals surface area contributed by atoms with Gasteiger partial charge in [-0.25, -0.2) is 4.98 Å². The first-order valence-electron chi connectivity index (χ1n) is 9.72. The van der Waals surface area contributed by atoms with E-state index in [-0.39, 0.29) is 17.7 Å². The molecule has 0 unspecified atom stereocenters. The van der Waals surface area contributed by atoms with Gasteiger partial charge in [0, 0.05) is 43.4 Å². The van der Waals surface area contributed by atoms with Crippen molar-refractivity contribution in [1.82, 2.24) is 9.88 Å². The summed E-state index contributed by atoms with van der Waals surface area (Å²) in [4.78, 5) is 30.9. The smallest absolute Gasteiger partial charge is 0.276 e. The Morgan fingerprint density at radius 1 is 1.24 bits per heavy atom. The molecular formula is C21H27N3O5. The Bertz CT molecular complexity index is 842. The normalized spacial score (nSPS) is 16.4. The molecule has 1 saturated heterocycles. The summed E-state index contributed by atoms with van der Waals surface area (Å²) < 4.78 is 15.6. The van der Waals surface area contributed by atoms with E-state index >= 15 is 0 Å². The number of likely N-dealkylation sites (tertiary alicyclic amines) is 1. The van der Waals surface area contributed by atoms with E-state index in [1.54, 1.807) is 39.3 Å². The largest absolute Gasteiger partial charge is 0.497 e. The van der Waals surface area contributed by atoms with Crippen molar-refractivity contribution < 1.29 is 23.5 Å². The van der Waals surface area contributed by atoms with Crippen LogP contribution < -0.4 is 14.8 Å². The number of amides is 2. The minimum absolute atomic E-state index is 0.0731. The van der Waals surface area contributed by atoms with Crippen LogP contribution in [0.2, 0.25) is 0 Å². The van der Waals surface area contributed by atoms with Crippen LogP contribution in [0.3, 0.4) is 0 Å². The van der Waals surface area contributed by atoms with E-state index < -0.39 is 0 Å². The maximum Gasteiger partial charge on any atom is 0.276 e. The molecule has 0 bridgehead atoms. The highest BCUT2D eigenvalue weighted by Crippen LogP contribution is 2.27. The Labute approximate surface area is 170 Å². The standard InChI is InChI=1S/C21H27N3O5/c1-14-20(22-13-29-14)21(26)24-8-4-5-15(12-24)6-7-19(25)23-16-9-17(27-2)11-18(10-16)28-3/h9-11,13,15H,4-8,12H2,1-3H3,(H,23,25)/t15-/m1/s1. The third-order valence-corrected chi connectivity index (χ3v) is 5.17. The Balaban J connectivity index is 1.52. The molecule has 1 atom stereocenters. The number of oxazole rings is 1. The Morgan fingerprint density at radius 3 is 2.59 bits per heavy atom. The maximum absolute atomic E-state index is 12.6. The summed E-state index contributed by atoms with van der Waals surface area (Å²) in [5.74, 6) is 1.87. The van der Waals surface area contributed by atoms with Crippen molar-refractivity contribution in [2.75, 3.05) is 32.6 Å². The molecule has 0 spiro atoms. The van der Waals surface area contributed by atoms with Crippen molar-refractivity contribution in [2.24, 2.45) is 5.92 Å². The van der Waals surface area contributed by atoms with Gasteiger partial charge in [0.15, 0.2) is 12.1 Å². The average Bonchev–Trinajstić information content (AvgIpc) is 3.17. The van der Waals surface area contributed by atoms with Gasteiger partial charge in [-0.1, -0.05) is 0 Å².